The maximum absolute atomic E-state index is 5.67. The molecule has 0 amide bonds. The number of hydrogen-bond acceptors (Lipinski definition) is 2. The predicted octanol–water partition coefficient (Wildman–Crippen LogP) is 2.64. The van der Waals surface area contributed by atoms with Crippen LogP contribution in [-0.4, -0.2) is 17.5 Å². The Labute approximate surface area is 92.1 Å². The summed E-state index contributed by atoms with van der Waals surface area (Å²) in [6, 6.07) is 9.11. The lowest BCUT2D eigenvalue weighted by atomic mass is 10.2. The fourth-order valence-corrected chi connectivity index (χ4v) is 1.98. The van der Waals surface area contributed by atoms with Crippen molar-refractivity contribution in [1.29, 1.82) is 0 Å². The standard InChI is InChI=1S/C13H20N2/c1-2-9-15(13-7-8-13)10-11-3-5-12(14)6-4-11/h3-6,13H,2,7-10,14H2,1H3. The molecule has 1 aromatic carbocycles. The molecule has 2 heteroatoms. The van der Waals surface area contributed by atoms with Crippen LogP contribution < -0.4 is 5.73 Å². The van der Waals surface area contributed by atoms with E-state index in [9.17, 15) is 0 Å². The number of hydrogen-bond donors (Lipinski definition) is 1. The van der Waals surface area contributed by atoms with Gasteiger partial charge in [0.1, 0.15) is 0 Å². The van der Waals surface area contributed by atoms with E-state index < -0.39 is 0 Å². The average molecular weight is 204 g/mol. The number of nitrogens with zero attached hydrogens (tertiary/aromatic N) is 1. The Balaban J connectivity index is 1.95. The molecule has 82 valence electrons. The van der Waals surface area contributed by atoms with E-state index in [-0.39, 0.29) is 0 Å². The Morgan fingerprint density at radius 3 is 2.47 bits per heavy atom. The molecule has 15 heavy (non-hydrogen) atoms. The second-order valence-electron chi connectivity index (χ2n) is 4.44. The van der Waals surface area contributed by atoms with E-state index in [1.807, 2.05) is 12.1 Å². The van der Waals surface area contributed by atoms with Crippen LogP contribution in [0.25, 0.3) is 0 Å². The maximum Gasteiger partial charge on any atom is 0.0314 e. The van der Waals surface area contributed by atoms with Crippen LogP contribution in [0.15, 0.2) is 24.3 Å². The third-order valence-corrected chi connectivity index (χ3v) is 2.94. The van der Waals surface area contributed by atoms with Gasteiger partial charge >= 0.3 is 0 Å². The van der Waals surface area contributed by atoms with Gasteiger partial charge in [-0.25, -0.2) is 0 Å². The SMILES string of the molecule is CCCN(Cc1ccc(N)cc1)C1CC1. The average Bonchev–Trinajstić information content (AvgIpc) is 3.04. The number of nitrogen functional groups attached to an aromatic ring is 1. The Kier molecular flexibility index (Phi) is 3.27. The molecule has 0 saturated heterocycles. The van der Waals surface area contributed by atoms with Crippen molar-refractivity contribution < 1.29 is 0 Å². The first-order chi connectivity index (χ1) is 7.29. The molecule has 1 aromatic rings. The maximum atomic E-state index is 5.67. The van der Waals surface area contributed by atoms with Gasteiger partial charge in [0.2, 0.25) is 0 Å². The lowest BCUT2D eigenvalue weighted by Gasteiger charge is -2.21. The van der Waals surface area contributed by atoms with Gasteiger partial charge in [0, 0.05) is 18.3 Å². The number of rotatable bonds is 5. The molecule has 0 spiro atoms. The fraction of sp³-hybridized carbons (Fsp3) is 0.538. The highest BCUT2D eigenvalue weighted by molar-refractivity contribution is 5.39. The van der Waals surface area contributed by atoms with E-state index in [4.69, 9.17) is 5.73 Å². The molecule has 1 aliphatic carbocycles. The van der Waals surface area contributed by atoms with E-state index in [1.54, 1.807) is 0 Å². The lowest BCUT2D eigenvalue weighted by Crippen LogP contribution is -2.26. The van der Waals surface area contributed by atoms with Crippen molar-refractivity contribution in [3.63, 3.8) is 0 Å². The molecule has 1 fully saturated rings. The summed E-state index contributed by atoms with van der Waals surface area (Å²) in [6.07, 6.45) is 4.01. The molecule has 0 bridgehead atoms. The summed E-state index contributed by atoms with van der Waals surface area (Å²) in [5.74, 6) is 0. The molecule has 0 radical (unpaired) electrons. The molecule has 0 aromatic heterocycles. The van der Waals surface area contributed by atoms with Crippen LogP contribution in [-0.2, 0) is 6.54 Å². The number of nitrogens with two attached hydrogens (primary N) is 1. The van der Waals surface area contributed by atoms with E-state index in [2.05, 4.69) is 24.0 Å². The Morgan fingerprint density at radius 1 is 1.27 bits per heavy atom. The summed E-state index contributed by atoms with van der Waals surface area (Å²) in [5.41, 5.74) is 7.91. The van der Waals surface area contributed by atoms with Gasteiger partial charge < -0.3 is 5.73 Å². The summed E-state index contributed by atoms with van der Waals surface area (Å²) in [5, 5.41) is 0. The second kappa shape index (κ2) is 4.67. The molecular weight excluding hydrogens is 184 g/mol. The van der Waals surface area contributed by atoms with Crippen molar-refractivity contribution in [2.75, 3.05) is 12.3 Å². The summed E-state index contributed by atoms with van der Waals surface area (Å²) >= 11 is 0. The quantitative estimate of drug-likeness (QED) is 0.747. The first kappa shape index (κ1) is 10.5. The Bertz CT molecular complexity index is 301. The van der Waals surface area contributed by atoms with E-state index in [0.29, 0.717) is 0 Å². The van der Waals surface area contributed by atoms with Crippen LogP contribution >= 0.6 is 0 Å². The highest BCUT2D eigenvalue weighted by Gasteiger charge is 2.27. The molecule has 0 aliphatic heterocycles. The van der Waals surface area contributed by atoms with Gasteiger partial charge in [-0.05, 0) is 43.5 Å². The second-order valence-corrected chi connectivity index (χ2v) is 4.44. The molecule has 0 heterocycles. The van der Waals surface area contributed by atoms with Gasteiger partial charge in [-0.15, -0.1) is 0 Å². The first-order valence-corrected chi connectivity index (χ1v) is 5.88. The van der Waals surface area contributed by atoms with Crippen molar-refractivity contribution >= 4 is 5.69 Å². The van der Waals surface area contributed by atoms with E-state index in [0.717, 1.165) is 18.3 Å². The zero-order valence-electron chi connectivity index (χ0n) is 9.45. The van der Waals surface area contributed by atoms with Gasteiger partial charge in [0.05, 0.1) is 0 Å². The first-order valence-electron chi connectivity index (χ1n) is 5.88. The molecule has 1 saturated carbocycles. The lowest BCUT2D eigenvalue weighted by molar-refractivity contribution is 0.255. The third-order valence-electron chi connectivity index (χ3n) is 2.94. The van der Waals surface area contributed by atoms with E-state index >= 15 is 0 Å². The zero-order chi connectivity index (χ0) is 10.7. The van der Waals surface area contributed by atoms with Crippen LogP contribution in [0, 0.1) is 0 Å². The van der Waals surface area contributed by atoms with Crippen molar-refractivity contribution in [1.82, 2.24) is 4.90 Å². The van der Waals surface area contributed by atoms with Crippen molar-refractivity contribution in [2.24, 2.45) is 0 Å². The minimum absolute atomic E-state index is 0.850. The van der Waals surface area contributed by atoms with Crippen LogP contribution in [0.4, 0.5) is 5.69 Å². The van der Waals surface area contributed by atoms with Gasteiger partial charge in [-0.3, -0.25) is 4.90 Å². The smallest absolute Gasteiger partial charge is 0.0314 e. The van der Waals surface area contributed by atoms with Gasteiger partial charge in [-0.1, -0.05) is 19.1 Å². The molecule has 2 N–H and O–H groups in total. The molecule has 2 rings (SSSR count). The molecule has 0 atom stereocenters. The molecule has 1 aliphatic rings. The highest BCUT2D eigenvalue weighted by Crippen LogP contribution is 2.28. The third kappa shape index (κ3) is 2.96. The normalized spacial score (nSPS) is 15.9. The minimum Gasteiger partial charge on any atom is -0.399 e. The Morgan fingerprint density at radius 2 is 1.93 bits per heavy atom. The zero-order valence-corrected chi connectivity index (χ0v) is 9.45. The number of benzene rings is 1. The van der Waals surface area contributed by atoms with Gasteiger partial charge in [0.15, 0.2) is 0 Å². The van der Waals surface area contributed by atoms with E-state index in [1.165, 1.54) is 31.4 Å². The molecule has 2 nitrogen and oxygen atoms in total. The largest absolute Gasteiger partial charge is 0.399 e. The van der Waals surface area contributed by atoms with Crippen LogP contribution in [0.3, 0.4) is 0 Å². The fourth-order valence-electron chi connectivity index (χ4n) is 1.98. The van der Waals surface area contributed by atoms with Gasteiger partial charge in [-0.2, -0.15) is 0 Å². The predicted molar refractivity (Wildman–Crippen MR) is 64.6 cm³/mol. The molecule has 0 unspecified atom stereocenters. The summed E-state index contributed by atoms with van der Waals surface area (Å²) in [6.45, 7) is 4.55. The minimum atomic E-state index is 0.850. The topological polar surface area (TPSA) is 29.3 Å². The monoisotopic (exact) mass is 204 g/mol. The summed E-state index contributed by atoms with van der Waals surface area (Å²) in [4.78, 5) is 2.59. The van der Waals surface area contributed by atoms with Crippen LogP contribution in [0.5, 0.6) is 0 Å². The number of anilines is 1. The summed E-state index contributed by atoms with van der Waals surface area (Å²) < 4.78 is 0. The summed E-state index contributed by atoms with van der Waals surface area (Å²) in [7, 11) is 0. The van der Waals surface area contributed by atoms with Gasteiger partial charge in [0.25, 0.3) is 0 Å². The molecular formula is C13H20N2. The van der Waals surface area contributed by atoms with Crippen molar-refractivity contribution in [3.05, 3.63) is 29.8 Å². The van der Waals surface area contributed by atoms with Crippen molar-refractivity contribution in [3.8, 4) is 0 Å². The van der Waals surface area contributed by atoms with Crippen LogP contribution in [0.2, 0.25) is 0 Å². The Hall–Kier alpha value is -1.02. The van der Waals surface area contributed by atoms with Crippen LogP contribution in [0.1, 0.15) is 31.7 Å². The highest BCUT2D eigenvalue weighted by atomic mass is 15.2. The van der Waals surface area contributed by atoms with Crippen molar-refractivity contribution in [2.45, 2.75) is 38.8 Å².